The van der Waals surface area contributed by atoms with Crippen molar-refractivity contribution in [1.82, 2.24) is 9.97 Å². The standard InChI is InChI=1S/C18H15Cl2FN4/c1-11-6-17(22-10-12-4-2-3-5-16(12)21)25-18(23-11)24-15-8-13(19)7-14(20)9-15/h2-9H,10H2,1H3,(H2,22,23,24,25). The molecule has 2 N–H and O–H groups in total. The first-order chi connectivity index (χ1) is 12.0. The first-order valence-electron chi connectivity index (χ1n) is 7.56. The second kappa shape index (κ2) is 7.68. The van der Waals surface area contributed by atoms with E-state index in [1.807, 2.05) is 6.92 Å². The van der Waals surface area contributed by atoms with Gasteiger partial charge in [0.15, 0.2) is 0 Å². The Morgan fingerprint density at radius 2 is 1.72 bits per heavy atom. The van der Waals surface area contributed by atoms with Gasteiger partial charge < -0.3 is 10.6 Å². The number of nitrogens with zero attached hydrogens (tertiary/aromatic N) is 2. The van der Waals surface area contributed by atoms with Crippen molar-refractivity contribution in [3.05, 3.63) is 75.7 Å². The molecule has 0 fully saturated rings. The highest BCUT2D eigenvalue weighted by Gasteiger charge is 2.06. The zero-order chi connectivity index (χ0) is 17.8. The third kappa shape index (κ3) is 4.81. The van der Waals surface area contributed by atoms with Gasteiger partial charge in [-0.2, -0.15) is 4.98 Å². The minimum absolute atomic E-state index is 0.257. The Bertz CT molecular complexity index is 882. The lowest BCUT2D eigenvalue weighted by Gasteiger charge is -2.11. The van der Waals surface area contributed by atoms with Gasteiger partial charge in [0.05, 0.1) is 0 Å². The molecule has 2 aromatic carbocycles. The molecule has 1 aromatic heterocycles. The monoisotopic (exact) mass is 376 g/mol. The van der Waals surface area contributed by atoms with Crippen LogP contribution in [0.1, 0.15) is 11.3 Å². The molecule has 3 rings (SSSR count). The maximum absolute atomic E-state index is 13.7. The number of halogens is 3. The number of rotatable bonds is 5. The van der Waals surface area contributed by atoms with Gasteiger partial charge in [-0.3, -0.25) is 0 Å². The predicted octanol–water partition coefficient (Wildman–Crippen LogP) is 5.59. The number of aryl methyl sites for hydroxylation is 1. The van der Waals surface area contributed by atoms with Gasteiger partial charge in [-0.25, -0.2) is 9.37 Å². The summed E-state index contributed by atoms with van der Waals surface area (Å²) in [6.45, 7) is 2.18. The van der Waals surface area contributed by atoms with Gasteiger partial charge in [0, 0.05) is 39.6 Å². The number of benzene rings is 2. The summed E-state index contributed by atoms with van der Waals surface area (Å²) in [5.41, 5.74) is 2.01. The van der Waals surface area contributed by atoms with Crippen molar-refractivity contribution in [2.75, 3.05) is 10.6 Å². The van der Waals surface area contributed by atoms with E-state index in [9.17, 15) is 4.39 Å². The second-order valence-electron chi connectivity index (χ2n) is 5.45. The van der Waals surface area contributed by atoms with Crippen LogP contribution in [0.15, 0.2) is 48.5 Å². The van der Waals surface area contributed by atoms with Crippen LogP contribution >= 0.6 is 23.2 Å². The fourth-order valence-electron chi connectivity index (χ4n) is 2.30. The molecular weight excluding hydrogens is 362 g/mol. The molecule has 0 spiro atoms. The van der Waals surface area contributed by atoms with Gasteiger partial charge >= 0.3 is 0 Å². The van der Waals surface area contributed by atoms with Crippen LogP contribution in [0.25, 0.3) is 0 Å². The largest absolute Gasteiger partial charge is 0.366 e. The topological polar surface area (TPSA) is 49.8 Å². The Kier molecular flexibility index (Phi) is 5.36. The van der Waals surface area contributed by atoms with Gasteiger partial charge in [-0.15, -0.1) is 0 Å². The molecule has 0 unspecified atom stereocenters. The van der Waals surface area contributed by atoms with Gasteiger partial charge in [0.1, 0.15) is 11.6 Å². The van der Waals surface area contributed by atoms with Crippen molar-refractivity contribution >= 4 is 40.7 Å². The third-order valence-electron chi connectivity index (χ3n) is 3.39. The molecule has 4 nitrogen and oxygen atoms in total. The number of anilines is 3. The summed E-state index contributed by atoms with van der Waals surface area (Å²) >= 11 is 12.0. The Labute approximate surface area is 155 Å². The maximum atomic E-state index is 13.7. The van der Waals surface area contributed by atoms with Crippen molar-refractivity contribution in [1.29, 1.82) is 0 Å². The summed E-state index contributed by atoms with van der Waals surface area (Å²) in [5, 5.41) is 7.21. The summed E-state index contributed by atoms with van der Waals surface area (Å²) in [6, 6.07) is 13.5. The highest BCUT2D eigenvalue weighted by Crippen LogP contribution is 2.24. The molecule has 0 saturated carbocycles. The molecule has 0 radical (unpaired) electrons. The van der Waals surface area contributed by atoms with Gasteiger partial charge in [0.2, 0.25) is 5.95 Å². The molecule has 128 valence electrons. The van der Waals surface area contributed by atoms with Gasteiger partial charge in [-0.05, 0) is 31.2 Å². The van der Waals surface area contributed by atoms with Crippen molar-refractivity contribution in [2.24, 2.45) is 0 Å². The number of aromatic nitrogens is 2. The zero-order valence-corrected chi connectivity index (χ0v) is 14.9. The lowest BCUT2D eigenvalue weighted by atomic mass is 10.2. The molecule has 1 heterocycles. The van der Waals surface area contributed by atoms with Crippen LogP contribution in [0.2, 0.25) is 10.0 Å². The number of nitrogens with one attached hydrogen (secondary N) is 2. The Morgan fingerprint density at radius 3 is 2.44 bits per heavy atom. The fourth-order valence-corrected chi connectivity index (χ4v) is 2.82. The van der Waals surface area contributed by atoms with E-state index in [2.05, 4.69) is 20.6 Å². The van der Waals surface area contributed by atoms with E-state index < -0.39 is 0 Å². The van der Waals surface area contributed by atoms with Crippen LogP contribution in [0.3, 0.4) is 0 Å². The normalized spacial score (nSPS) is 10.6. The first-order valence-corrected chi connectivity index (χ1v) is 8.31. The molecule has 0 saturated heterocycles. The van der Waals surface area contributed by atoms with Crippen molar-refractivity contribution in [3.8, 4) is 0 Å². The maximum Gasteiger partial charge on any atom is 0.229 e. The molecular formula is C18H15Cl2FN4. The predicted molar refractivity (Wildman–Crippen MR) is 100 cm³/mol. The highest BCUT2D eigenvalue weighted by atomic mass is 35.5. The summed E-state index contributed by atoms with van der Waals surface area (Å²) < 4.78 is 13.7. The molecule has 3 aromatic rings. The van der Waals surface area contributed by atoms with E-state index in [1.165, 1.54) is 6.07 Å². The summed E-state index contributed by atoms with van der Waals surface area (Å²) in [4.78, 5) is 8.73. The molecule has 0 amide bonds. The van der Waals surface area contributed by atoms with Crippen LogP contribution in [0, 0.1) is 12.7 Å². The molecule has 0 aliphatic carbocycles. The smallest absolute Gasteiger partial charge is 0.229 e. The Hall–Kier alpha value is -2.37. The SMILES string of the molecule is Cc1cc(NCc2ccccc2F)nc(Nc2cc(Cl)cc(Cl)c2)n1. The van der Waals surface area contributed by atoms with Crippen LogP contribution < -0.4 is 10.6 Å². The highest BCUT2D eigenvalue weighted by molar-refractivity contribution is 6.35. The molecule has 0 aliphatic heterocycles. The van der Waals surface area contributed by atoms with E-state index >= 15 is 0 Å². The van der Waals surface area contributed by atoms with Crippen molar-refractivity contribution < 1.29 is 4.39 Å². The number of hydrogen-bond acceptors (Lipinski definition) is 4. The van der Waals surface area contributed by atoms with Crippen LogP contribution in [0.4, 0.5) is 21.8 Å². The van der Waals surface area contributed by atoms with E-state index in [0.29, 0.717) is 39.6 Å². The molecule has 0 atom stereocenters. The zero-order valence-electron chi connectivity index (χ0n) is 13.4. The van der Waals surface area contributed by atoms with Gasteiger partial charge in [-0.1, -0.05) is 41.4 Å². The third-order valence-corrected chi connectivity index (χ3v) is 3.83. The summed E-state index contributed by atoms with van der Waals surface area (Å²) in [5.74, 6) is 0.730. The minimum Gasteiger partial charge on any atom is -0.366 e. The quantitative estimate of drug-likeness (QED) is 0.609. The van der Waals surface area contributed by atoms with Crippen molar-refractivity contribution in [2.45, 2.75) is 13.5 Å². The minimum atomic E-state index is -0.257. The molecule has 25 heavy (non-hydrogen) atoms. The molecule has 0 bridgehead atoms. The van der Waals surface area contributed by atoms with E-state index in [1.54, 1.807) is 42.5 Å². The van der Waals surface area contributed by atoms with E-state index in [0.717, 1.165) is 5.69 Å². The van der Waals surface area contributed by atoms with Gasteiger partial charge in [0.25, 0.3) is 0 Å². The first kappa shape index (κ1) is 17.5. The van der Waals surface area contributed by atoms with Crippen LogP contribution in [-0.4, -0.2) is 9.97 Å². The van der Waals surface area contributed by atoms with Crippen LogP contribution in [0.5, 0.6) is 0 Å². The average molecular weight is 377 g/mol. The average Bonchev–Trinajstić information content (AvgIpc) is 2.52. The lowest BCUT2D eigenvalue weighted by molar-refractivity contribution is 0.613. The van der Waals surface area contributed by atoms with E-state index in [4.69, 9.17) is 23.2 Å². The fraction of sp³-hybridized carbons (Fsp3) is 0.111. The summed E-state index contributed by atoms with van der Waals surface area (Å²) in [7, 11) is 0. The Morgan fingerprint density at radius 1 is 1.00 bits per heavy atom. The molecule has 7 heteroatoms. The summed E-state index contributed by atoms with van der Waals surface area (Å²) in [6.07, 6.45) is 0. The van der Waals surface area contributed by atoms with Crippen LogP contribution in [-0.2, 0) is 6.54 Å². The lowest BCUT2D eigenvalue weighted by Crippen LogP contribution is -2.06. The second-order valence-corrected chi connectivity index (χ2v) is 6.32. The van der Waals surface area contributed by atoms with E-state index in [-0.39, 0.29) is 5.82 Å². The molecule has 0 aliphatic rings. The van der Waals surface area contributed by atoms with Crippen molar-refractivity contribution in [3.63, 3.8) is 0 Å². The Balaban J connectivity index is 1.77. The number of hydrogen-bond donors (Lipinski definition) is 2.